The summed E-state index contributed by atoms with van der Waals surface area (Å²) in [4.78, 5) is 0. The van der Waals surface area contributed by atoms with E-state index in [-0.39, 0.29) is 6.29 Å². The minimum atomic E-state index is -0.186. The highest BCUT2D eigenvalue weighted by Gasteiger charge is 2.07. The Hall–Kier alpha value is -1.38. The summed E-state index contributed by atoms with van der Waals surface area (Å²) >= 11 is 0. The summed E-state index contributed by atoms with van der Waals surface area (Å²) in [6, 6.07) is 10.3. The van der Waals surface area contributed by atoms with Crippen molar-refractivity contribution in [3.05, 3.63) is 59.2 Å². The minimum absolute atomic E-state index is 0.186. The molecular weight excluding hydrogens is 260 g/mol. The average molecular weight is 288 g/mol. The molecule has 0 aromatic heterocycles. The zero-order valence-corrected chi connectivity index (χ0v) is 13.8. The van der Waals surface area contributed by atoms with Crippen molar-refractivity contribution in [1.29, 1.82) is 0 Å². The van der Waals surface area contributed by atoms with Crippen molar-refractivity contribution in [3.8, 4) is 0 Å². The van der Waals surface area contributed by atoms with E-state index in [0.29, 0.717) is 6.61 Å². The highest BCUT2D eigenvalue weighted by atomic mass is 16.7. The molecule has 0 aliphatic carbocycles. The molecule has 116 valence electrons. The van der Waals surface area contributed by atoms with E-state index in [0.717, 1.165) is 19.3 Å². The fourth-order valence-corrected chi connectivity index (χ4v) is 2.01. The summed E-state index contributed by atoms with van der Waals surface area (Å²) < 4.78 is 11.2. The predicted molar refractivity (Wildman–Crippen MR) is 89.3 cm³/mol. The zero-order valence-electron chi connectivity index (χ0n) is 13.8. The molecule has 1 rings (SSSR count). The van der Waals surface area contributed by atoms with Gasteiger partial charge < -0.3 is 9.47 Å². The molecule has 2 heteroatoms. The van der Waals surface area contributed by atoms with Gasteiger partial charge in [-0.1, -0.05) is 53.6 Å². The number of benzene rings is 1. The highest BCUT2D eigenvalue weighted by molar-refractivity contribution is 5.15. The van der Waals surface area contributed by atoms with Crippen molar-refractivity contribution < 1.29 is 9.47 Å². The van der Waals surface area contributed by atoms with Crippen LogP contribution in [0.25, 0.3) is 0 Å². The fraction of sp³-hybridized carbons (Fsp3) is 0.474. The number of allylic oxidation sites excluding steroid dienone is 3. The second-order valence-corrected chi connectivity index (χ2v) is 5.56. The van der Waals surface area contributed by atoms with Crippen LogP contribution in [-0.2, 0) is 15.9 Å². The largest absolute Gasteiger partial charge is 0.356 e. The van der Waals surface area contributed by atoms with Crippen molar-refractivity contribution in [2.75, 3.05) is 13.7 Å². The van der Waals surface area contributed by atoms with E-state index in [1.54, 1.807) is 7.11 Å². The van der Waals surface area contributed by atoms with E-state index in [9.17, 15) is 0 Å². The first-order chi connectivity index (χ1) is 10.1. The fourth-order valence-electron chi connectivity index (χ4n) is 2.01. The number of hydrogen-bond acceptors (Lipinski definition) is 2. The lowest BCUT2D eigenvalue weighted by molar-refractivity contribution is -0.113. The summed E-state index contributed by atoms with van der Waals surface area (Å²) in [5.74, 6) is 0. The second kappa shape index (κ2) is 10.4. The number of methoxy groups -OCH3 is 1. The van der Waals surface area contributed by atoms with Gasteiger partial charge in [-0.15, -0.1) is 0 Å². The van der Waals surface area contributed by atoms with Crippen molar-refractivity contribution in [3.63, 3.8) is 0 Å². The molecule has 1 aromatic rings. The summed E-state index contributed by atoms with van der Waals surface area (Å²) in [5.41, 5.74) is 3.97. The lowest BCUT2D eigenvalue weighted by Crippen LogP contribution is -2.18. The van der Waals surface area contributed by atoms with E-state index in [1.807, 2.05) is 18.2 Å². The Labute approximate surface area is 129 Å². The van der Waals surface area contributed by atoms with E-state index in [2.05, 4.69) is 45.1 Å². The molecule has 0 saturated heterocycles. The van der Waals surface area contributed by atoms with Crippen molar-refractivity contribution in [2.24, 2.45) is 0 Å². The van der Waals surface area contributed by atoms with Crippen LogP contribution in [-0.4, -0.2) is 20.0 Å². The van der Waals surface area contributed by atoms with Gasteiger partial charge in [0.25, 0.3) is 0 Å². The van der Waals surface area contributed by atoms with Crippen LogP contribution in [0.15, 0.2) is 53.6 Å². The van der Waals surface area contributed by atoms with Gasteiger partial charge in [0.15, 0.2) is 6.29 Å². The smallest absolute Gasteiger partial charge is 0.161 e. The zero-order chi connectivity index (χ0) is 15.5. The molecule has 1 unspecified atom stereocenters. The van der Waals surface area contributed by atoms with Gasteiger partial charge in [0.05, 0.1) is 6.61 Å². The molecule has 2 nitrogen and oxygen atoms in total. The molecule has 0 aliphatic heterocycles. The molecule has 1 aromatic carbocycles. The van der Waals surface area contributed by atoms with Crippen molar-refractivity contribution in [2.45, 2.75) is 46.3 Å². The highest BCUT2D eigenvalue weighted by Crippen LogP contribution is 2.09. The standard InChI is InChI=1S/C19H28O2/c1-16(2)9-8-10-17(3)13-14-21-19(20-4)15-18-11-6-5-7-12-18/h5-7,9,11-13,19H,8,10,14-15H2,1-4H3. The lowest BCUT2D eigenvalue weighted by Gasteiger charge is -2.15. The molecule has 0 bridgehead atoms. The Balaban J connectivity index is 2.32. The van der Waals surface area contributed by atoms with Crippen molar-refractivity contribution >= 4 is 0 Å². The summed E-state index contributed by atoms with van der Waals surface area (Å²) in [7, 11) is 1.69. The third-order valence-corrected chi connectivity index (χ3v) is 3.31. The minimum Gasteiger partial charge on any atom is -0.356 e. The molecule has 0 saturated carbocycles. The first-order valence-electron chi connectivity index (χ1n) is 7.59. The van der Waals surface area contributed by atoms with Gasteiger partial charge in [-0.05, 0) is 39.2 Å². The lowest BCUT2D eigenvalue weighted by atomic mass is 10.1. The van der Waals surface area contributed by atoms with E-state index < -0.39 is 0 Å². The third-order valence-electron chi connectivity index (χ3n) is 3.31. The Morgan fingerprint density at radius 1 is 1.10 bits per heavy atom. The van der Waals surface area contributed by atoms with Crippen LogP contribution in [0, 0.1) is 0 Å². The maximum absolute atomic E-state index is 5.78. The molecule has 0 aliphatic rings. The molecule has 21 heavy (non-hydrogen) atoms. The molecule has 0 heterocycles. The molecule has 0 fully saturated rings. The Morgan fingerprint density at radius 3 is 2.43 bits per heavy atom. The predicted octanol–water partition coefficient (Wildman–Crippen LogP) is 4.91. The van der Waals surface area contributed by atoms with Crippen molar-refractivity contribution in [1.82, 2.24) is 0 Å². The maximum atomic E-state index is 5.78. The van der Waals surface area contributed by atoms with Gasteiger partial charge in [0, 0.05) is 13.5 Å². The van der Waals surface area contributed by atoms with Crippen LogP contribution in [0.4, 0.5) is 0 Å². The first-order valence-corrected chi connectivity index (χ1v) is 7.59. The molecule has 0 spiro atoms. The SMILES string of the molecule is COC(Cc1ccccc1)OCC=C(C)CCC=C(C)C. The topological polar surface area (TPSA) is 18.5 Å². The van der Waals surface area contributed by atoms with Gasteiger partial charge in [-0.3, -0.25) is 0 Å². The molecule has 1 atom stereocenters. The van der Waals surface area contributed by atoms with Gasteiger partial charge in [-0.25, -0.2) is 0 Å². The molecule has 0 amide bonds. The average Bonchev–Trinajstić information content (AvgIpc) is 2.47. The van der Waals surface area contributed by atoms with Crippen LogP contribution in [0.1, 0.15) is 39.2 Å². The molecular formula is C19H28O2. The number of ether oxygens (including phenoxy) is 2. The Kier molecular flexibility index (Phi) is 8.72. The van der Waals surface area contributed by atoms with Gasteiger partial charge in [-0.2, -0.15) is 0 Å². The summed E-state index contributed by atoms with van der Waals surface area (Å²) in [5, 5.41) is 0. The van der Waals surface area contributed by atoms with Gasteiger partial charge >= 0.3 is 0 Å². The number of hydrogen-bond donors (Lipinski definition) is 0. The van der Waals surface area contributed by atoms with Crippen LogP contribution in [0.5, 0.6) is 0 Å². The van der Waals surface area contributed by atoms with E-state index in [1.165, 1.54) is 16.7 Å². The molecule has 0 N–H and O–H groups in total. The van der Waals surface area contributed by atoms with Crippen LogP contribution in [0.3, 0.4) is 0 Å². The van der Waals surface area contributed by atoms with Gasteiger partial charge in [0.1, 0.15) is 0 Å². The van der Waals surface area contributed by atoms with Crippen LogP contribution in [0.2, 0.25) is 0 Å². The summed E-state index contributed by atoms with van der Waals surface area (Å²) in [6.45, 7) is 7.02. The summed E-state index contributed by atoms with van der Waals surface area (Å²) in [6.07, 6.45) is 7.20. The monoisotopic (exact) mass is 288 g/mol. The number of rotatable bonds is 9. The van der Waals surface area contributed by atoms with Crippen LogP contribution < -0.4 is 0 Å². The Morgan fingerprint density at radius 2 is 1.81 bits per heavy atom. The second-order valence-electron chi connectivity index (χ2n) is 5.56. The first kappa shape index (κ1) is 17.7. The quantitative estimate of drug-likeness (QED) is 0.475. The maximum Gasteiger partial charge on any atom is 0.161 e. The molecule has 0 radical (unpaired) electrons. The van der Waals surface area contributed by atoms with E-state index in [4.69, 9.17) is 9.47 Å². The van der Waals surface area contributed by atoms with Gasteiger partial charge in [0.2, 0.25) is 0 Å². The third kappa shape index (κ3) is 8.49. The normalized spacial score (nSPS) is 13.0. The Bertz CT molecular complexity index is 442. The van der Waals surface area contributed by atoms with E-state index >= 15 is 0 Å². The van der Waals surface area contributed by atoms with Crippen LogP contribution >= 0.6 is 0 Å².